The predicted molar refractivity (Wildman–Crippen MR) is 53.0 cm³/mol. The van der Waals surface area contributed by atoms with Gasteiger partial charge in [0.15, 0.2) is 0 Å². The number of halogens is 1. The molecule has 4 heteroatoms. The number of hydrogen-bond donors (Lipinski definition) is 1. The van der Waals surface area contributed by atoms with E-state index in [9.17, 15) is 0 Å². The van der Waals surface area contributed by atoms with Crippen molar-refractivity contribution in [3.63, 3.8) is 0 Å². The molecule has 2 aromatic heterocycles. The van der Waals surface area contributed by atoms with Gasteiger partial charge in [-0.2, -0.15) is 0 Å². The van der Waals surface area contributed by atoms with E-state index >= 15 is 0 Å². The highest BCUT2D eigenvalue weighted by molar-refractivity contribution is 6.29. The van der Waals surface area contributed by atoms with Crippen LogP contribution in [0.5, 0.6) is 0 Å². The van der Waals surface area contributed by atoms with Gasteiger partial charge in [-0.1, -0.05) is 17.7 Å². The summed E-state index contributed by atoms with van der Waals surface area (Å²) in [5.41, 5.74) is 2.08. The van der Waals surface area contributed by atoms with Crippen molar-refractivity contribution < 1.29 is 0 Å². The van der Waals surface area contributed by atoms with E-state index in [0.29, 0.717) is 5.15 Å². The van der Waals surface area contributed by atoms with Crippen molar-refractivity contribution in [3.05, 3.63) is 35.4 Å². The maximum Gasteiger partial charge on any atom is 0.114 e. The quantitative estimate of drug-likeness (QED) is 0.740. The zero-order valence-electron chi connectivity index (χ0n) is 7.29. The Morgan fingerprint density at radius 1 is 1.54 bits per heavy atom. The molecule has 0 aliphatic carbocycles. The third-order valence-corrected chi connectivity index (χ3v) is 2.25. The van der Waals surface area contributed by atoms with Crippen molar-refractivity contribution in [1.82, 2.24) is 14.7 Å². The number of fused-ring (bicyclic) bond motifs is 1. The van der Waals surface area contributed by atoms with Crippen LogP contribution in [-0.2, 0) is 6.54 Å². The van der Waals surface area contributed by atoms with E-state index in [2.05, 4.69) is 10.3 Å². The Hall–Kier alpha value is -1.06. The van der Waals surface area contributed by atoms with E-state index in [-0.39, 0.29) is 0 Å². The zero-order chi connectivity index (χ0) is 9.26. The van der Waals surface area contributed by atoms with Gasteiger partial charge in [-0.15, -0.1) is 0 Å². The van der Waals surface area contributed by atoms with Crippen LogP contribution in [0.3, 0.4) is 0 Å². The van der Waals surface area contributed by atoms with E-state index in [0.717, 1.165) is 17.8 Å². The number of nitrogens with one attached hydrogen (secondary N) is 1. The Balaban J connectivity index is 2.61. The molecule has 13 heavy (non-hydrogen) atoms. The van der Waals surface area contributed by atoms with Gasteiger partial charge in [0.2, 0.25) is 0 Å². The topological polar surface area (TPSA) is 29.3 Å². The summed E-state index contributed by atoms with van der Waals surface area (Å²) in [6, 6.07) is 5.78. The molecular formula is C9H10ClN3. The third-order valence-electron chi connectivity index (χ3n) is 1.95. The minimum atomic E-state index is 0.687. The Morgan fingerprint density at radius 2 is 2.38 bits per heavy atom. The molecule has 3 nitrogen and oxygen atoms in total. The number of pyridine rings is 1. The molecular weight excluding hydrogens is 186 g/mol. The molecule has 2 aromatic rings. The number of nitrogens with zero attached hydrogens (tertiary/aromatic N) is 2. The van der Waals surface area contributed by atoms with Gasteiger partial charge in [0.1, 0.15) is 11.5 Å². The molecule has 0 radical (unpaired) electrons. The van der Waals surface area contributed by atoms with Crippen LogP contribution in [0.4, 0.5) is 0 Å². The summed E-state index contributed by atoms with van der Waals surface area (Å²) in [7, 11) is 1.90. The lowest BCUT2D eigenvalue weighted by Crippen LogP contribution is -2.05. The predicted octanol–water partition coefficient (Wildman–Crippen LogP) is 1.71. The molecule has 0 unspecified atom stereocenters. The summed E-state index contributed by atoms with van der Waals surface area (Å²) in [4.78, 5) is 4.26. The van der Waals surface area contributed by atoms with E-state index < -0.39 is 0 Å². The van der Waals surface area contributed by atoms with Crippen LogP contribution in [0.2, 0.25) is 5.15 Å². The van der Waals surface area contributed by atoms with E-state index in [1.54, 1.807) is 6.33 Å². The fraction of sp³-hybridized carbons (Fsp3) is 0.222. The van der Waals surface area contributed by atoms with Crippen LogP contribution in [0.15, 0.2) is 24.5 Å². The fourth-order valence-electron chi connectivity index (χ4n) is 1.34. The molecule has 2 heterocycles. The summed E-state index contributed by atoms with van der Waals surface area (Å²) in [5.74, 6) is 0. The van der Waals surface area contributed by atoms with Crippen LogP contribution in [0.25, 0.3) is 5.52 Å². The lowest BCUT2D eigenvalue weighted by atomic mass is 10.3. The summed E-state index contributed by atoms with van der Waals surface area (Å²) >= 11 is 5.97. The molecule has 0 aliphatic heterocycles. The molecule has 0 fully saturated rings. The van der Waals surface area contributed by atoms with Crippen molar-refractivity contribution in [1.29, 1.82) is 0 Å². The normalized spacial score (nSPS) is 10.9. The molecule has 0 aromatic carbocycles. The van der Waals surface area contributed by atoms with Crippen LogP contribution >= 0.6 is 11.6 Å². The molecule has 0 bridgehead atoms. The highest BCUT2D eigenvalue weighted by atomic mass is 35.5. The van der Waals surface area contributed by atoms with Crippen molar-refractivity contribution >= 4 is 17.1 Å². The van der Waals surface area contributed by atoms with Gasteiger partial charge in [0.25, 0.3) is 0 Å². The van der Waals surface area contributed by atoms with Gasteiger partial charge in [-0.05, 0) is 19.2 Å². The van der Waals surface area contributed by atoms with Crippen molar-refractivity contribution in [2.45, 2.75) is 6.54 Å². The third kappa shape index (κ3) is 1.41. The molecule has 0 amide bonds. The Bertz CT molecular complexity index is 422. The van der Waals surface area contributed by atoms with E-state index in [4.69, 9.17) is 11.6 Å². The van der Waals surface area contributed by atoms with Crippen molar-refractivity contribution in [2.75, 3.05) is 7.05 Å². The Labute approximate surface area is 81.4 Å². The van der Waals surface area contributed by atoms with Crippen molar-refractivity contribution in [3.8, 4) is 0 Å². The number of aromatic nitrogens is 2. The van der Waals surface area contributed by atoms with Crippen LogP contribution in [-0.4, -0.2) is 16.4 Å². The highest BCUT2D eigenvalue weighted by Gasteiger charge is 2.03. The maximum atomic E-state index is 5.97. The molecule has 0 spiro atoms. The first kappa shape index (κ1) is 8.53. The average Bonchev–Trinajstić information content (AvgIpc) is 2.51. The second-order valence-electron chi connectivity index (χ2n) is 2.83. The van der Waals surface area contributed by atoms with Gasteiger partial charge in [0.05, 0.1) is 11.2 Å². The summed E-state index contributed by atoms with van der Waals surface area (Å²) in [6.07, 6.45) is 1.74. The monoisotopic (exact) mass is 195 g/mol. The maximum absolute atomic E-state index is 5.97. The average molecular weight is 196 g/mol. The van der Waals surface area contributed by atoms with E-state index in [1.807, 2.05) is 29.6 Å². The first-order valence-corrected chi connectivity index (χ1v) is 4.46. The lowest BCUT2D eigenvalue weighted by molar-refractivity contribution is 0.802. The molecule has 1 N–H and O–H groups in total. The fourth-order valence-corrected chi connectivity index (χ4v) is 1.55. The van der Waals surface area contributed by atoms with Gasteiger partial charge in [-0.3, -0.25) is 4.40 Å². The second kappa shape index (κ2) is 3.36. The molecule has 0 atom stereocenters. The lowest BCUT2D eigenvalue weighted by Gasteiger charge is -1.98. The van der Waals surface area contributed by atoms with Crippen molar-refractivity contribution in [2.24, 2.45) is 0 Å². The van der Waals surface area contributed by atoms with Gasteiger partial charge in [-0.25, -0.2) is 4.98 Å². The Kier molecular flexibility index (Phi) is 2.20. The summed E-state index contributed by atoms with van der Waals surface area (Å²) in [5, 5.41) is 3.75. The first-order valence-electron chi connectivity index (χ1n) is 4.08. The number of rotatable bonds is 2. The standard InChI is InChI=1S/C9H10ClN3/c1-11-5-7-8-3-2-4-9(10)13(8)6-12-7/h2-4,6,11H,5H2,1H3. The molecule has 2 rings (SSSR count). The number of hydrogen-bond acceptors (Lipinski definition) is 2. The van der Waals surface area contributed by atoms with Crippen LogP contribution in [0.1, 0.15) is 5.69 Å². The minimum Gasteiger partial charge on any atom is -0.314 e. The first-order chi connectivity index (χ1) is 6.33. The minimum absolute atomic E-state index is 0.687. The van der Waals surface area contributed by atoms with Gasteiger partial charge < -0.3 is 5.32 Å². The van der Waals surface area contributed by atoms with Crippen LogP contribution < -0.4 is 5.32 Å². The van der Waals surface area contributed by atoms with E-state index in [1.165, 1.54) is 0 Å². The SMILES string of the molecule is CNCc1ncn2c(Cl)cccc12. The molecule has 0 aliphatic rings. The van der Waals surface area contributed by atoms with Gasteiger partial charge >= 0.3 is 0 Å². The molecule has 0 saturated heterocycles. The second-order valence-corrected chi connectivity index (χ2v) is 3.21. The zero-order valence-corrected chi connectivity index (χ0v) is 8.04. The van der Waals surface area contributed by atoms with Gasteiger partial charge in [0, 0.05) is 6.54 Å². The molecule has 0 saturated carbocycles. The highest BCUT2D eigenvalue weighted by Crippen LogP contribution is 2.15. The Morgan fingerprint density at radius 3 is 3.15 bits per heavy atom. The summed E-state index contributed by atoms with van der Waals surface area (Å²) in [6.45, 7) is 0.761. The number of imidazole rings is 1. The smallest absolute Gasteiger partial charge is 0.114 e. The summed E-state index contributed by atoms with van der Waals surface area (Å²) < 4.78 is 1.87. The molecule has 68 valence electrons. The van der Waals surface area contributed by atoms with Crippen LogP contribution in [0, 0.1) is 0 Å². The largest absolute Gasteiger partial charge is 0.314 e.